The number of hydrogen-bond acceptors (Lipinski definition) is 4. The predicted octanol–water partition coefficient (Wildman–Crippen LogP) is 2.31. The molecule has 1 fully saturated rings. The highest BCUT2D eigenvalue weighted by atomic mass is 35.5. The van der Waals surface area contributed by atoms with Gasteiger partial charge in [-0.2, -0.15) is 5.10 Å². The van der Waals surface area contributed by atoms with Gasteiger partial charge in [-0.3, -0.25) is 4.68 Å². The summed E-state index contributed by atoms with van der Waals surface area (Å²) in [4.78, 5) is 3.94. The van der Waals surface area contributed by atoms with E-state index in [2.05, 4.69) is 10.1 Å². The number of hydrogen-bond donors (Lipinski definition) is 2. The van der Waals surface area contributed by atoms with E-state index in [1.165, 1.54) is 6.33 Å². The fraction of sp³-hybridized carbons (Fsp3) is 0.529. The zero-order valence-corrected chi connectivity index (χ0v) is 14.1. The highest BCUT2D eigenvalue weighted by Gasteiger charge is 2.59. The van der Waals surface area contributed by atoms with Crippen LogP contribution in [0.3, 0.4) is 0 Å². The molecule has 0 saturated heterocycles. The van der Waals surface area contributed by atoms with Gasteiger partial charge < -0.3 is 10.2 Å². The van der Waals surface area contributed by atoms with Gasteiger partial charge in [0.05, 0.1) is 18.2 Å². The van der Waals surface area contributed by atoms with Crippen LogP contribution in [0.4, 0.5) is 0 Å². The van der Waals surface area contributed by atoms with Crippen LogP contribution in [0.2, 0.25) is 5.02 Å². The Hall–Kier alpha value is -1.43. The van der Waals surface area contributed by atoms with Crippen LogP contribution in [0.25, 0.3) is 0 Å². The molecule has 0 unspecified atom stereocenters. The van der Waals surface area contributed by atoms with Crippen molar-refractivity contribution in [1.29, 1.82) is 0 Å². The van der Waals surface area contributed by atoms with E-state index in [0.29, 0.717) is 24.4 Å². The first-order valence-electron chi connectivity index (χ1n) is 7.80. The molecule has 1 saturated carbocycles. The predicted molar refractivity (Wildman–Crippen MR) is 88.0 cm³/mol. The Morgan fingerprint density at radius 1 is 1.30 bits per heavy atom. The molecule has 1 heterocycles. The van der Waals surface area contributed by atoms with E-state index in [4.69, 9.17) is 11.6 Å². The van der Waals surface area contributed by atoms with E-state index in [0.717, 1.165) is 5.56 Å². The van der Waals surface area contributed by atoms with Gasteiger partial charge in [-0.05, 0) is 36.5 Å². The maximum Gasteiger partial charge on any atom is 0.137 e. The van der Waals surface area contributed by atoms with Gasteiger partial charge in [-0.1, -0.05) is 37.6 Å². The molecular formula is C17H22ClN3O2. The minimum atomic E-state index is -1.07. The van der Waals surface area contributed by atoms with Crippen LogP contribution in [0.5, 0.6) is 0 Å². The van der Waals surface area contributed by atoms with Crippen molar-refractivity contribution in [2.75, 3.05) is 0 Å². The standard InChI is InChI=1S/C17H22ClN3O2/c1-16(2)15(22)8-13(7-12-3-5-14(18)6-4-12)17(16,23)9-21-11-19-10-20-21/h3-6,10-11,13,15,22-23H,7-9H2,1-2H3/t13-,15-,17-/m0/s1. The molecule has 0 spiro atoms. The molecule has 6 heteroatoms. The van der Waals surface area contributed by atoms with Gasteiger partial charge in [0.15, 0.2) is 0 Å². The summed E-state index contributed by atoms with van der Waals surface area (Å²) in [5, 5.41) is 26.8. The molecule has 1 aromatic carbocycles. The van der Waals surface area contributed by atoms with E-state index in [1.807, 2.05) is 38.1 Å². The molecule has 2 aromatic rings. The highest BCUT2D eigenvalue weighted by Crippen LogP contribution is 2.51. The number of benzene rings is 1. The first kappa shape index (κ1) is 16.4. The molecule has 0 radical (unpaired) electrons. The van der Waals surface area contributed by atoms with Crippen LogP contribution in [-0.2, 0) is 13.0 Å². The van der Waals surface area contributed by atoms with Crippen LogP contribution in [-0.4, -0.2) is 36.7 Å². The maximum atomic E-state index is 11.5. The van der Waals surface area contributed by atoms with Crippen molar-refractivity contribution in [3.63, 3.8) is 0 Å². The molecule has 0 amide bonds. The third-order valence-corrected chi connectivity index (χ3v) is 5.65. The Bertz CT molecular complexity index is 657. The zero-order valence-electron chi connectivity index (χ0n) is 13.4. The lowest BCUT2D eigenvalue weighted by atomic mass is 9.72. The summed E-state index contributed by atoms with van der Waals surface area (Å²) < 4.78 is 1.63. The number of halogens is 1. The molecule has 1 aliphatic carbocycles. The monoisotopic (exact) mass is 335 g/mol. The summed E-state index contributed by atoms with van der Waals surface area (Å²) in [5.41, 5.74) is -0.600. The minimum absolute atomic E-state index is 0.0714. The van der Waals surface area contributed by atoms with Gasteiger partial charge in [0.1, 0.15) is 12.7 Å². The average molecular weight is 336 g/mol. The van der Waals surface area contributed by atoms with E-state index < -0.39 is 17.1 Å². The number of nitrogens with zero attached hydrogens (tertiary/aromatic N) is 3. The van der Waals surface area contributed by atoms with Gasteiger partial charge in [-0.15, -0.1) is 0 Å². The third-order valence-electron chi connectivity index (χ3n) is 5.40. The quantitative estimate of drug-likeness (QED) is 0.899. The SMILES string of the molecule is CC1(C)[C@@H](O)C[C@H](Cc2ccc(Cl)cc2)[C@@]1(O)Cn1cncn1. The summed E-state index contributed by atoms with van der Waals surface area (Å²) in [6.45, 7) is 4.14. The van der Waals surface area contributed by atoms with Crippen molar-refractivity contribution in [3.8, 4) is 0 Å². The average Bonchev–Trinajstić information content (AvgIpc) is 3.05. The van der Waals surface area contributed by atoms with Crippen molar-refractivity contribution in [2.24, 2.45) is 11.3 Å². The normalized spacial score (nSPS) is 29.8. The molecule has 1 aromatic heterocycles. The molecule has 23 heavy (non-hydrogen) atoms. The van der Waals surface area contributed by atoms with Crippen LogP contribution < -0.4 is 0 Å². The van der Waals surface area contributed by atoms with Crippen molar-refractivity contribution in [2.45, 2.75) is 44.9 Å². The topological polar surface area (TPSA) is 71.2 Å². The second-order valence-corrected chi connectivity index (χ2v) is 7.45. The van der Waals surface area contributed by atoms with E-state index in [1.54, 1.807) is 11.0 Å². The smallest absolute Gasteiger partial charge is 0.137 e. The number of aliphatic hydroxyl groups excluding tert-OH is 1. The molecule has 1 aliphatic rings. The summed E-state index contributed by atoms with van der Waals surface area (Å²) in [6, 6.07) is 7.64. The lowest BCUT2D eigenvalue weighted by molar-refractivity contribution is -0.113. The minimum Gasteiger partial charge on any atom is -0.392 e. The summed E-state index contributed by atoms with van der Waals surface area (Å²) in [5.74, 6) is -0.0714. The number of aromatic nitrogens is 3. The number of rotatable bonds is 4. The van der Waals surface area contributed by atoms with E-state index >= 15 is 0 Å². The van der Waals surface area contributed by atoms with Gasteiger partial charge in [0.2, 0.25) is 0 Å². The Kier molecular flexibility index (Phi) is 4.21. The van der Waals surface area contributed by atoms with Crippen LogP contribution in [0.15, 0.2) is 36.9 Å². The van der Waals surface area contributed by atoms with E-state index in [-0.39, 0.29) is 5.92 Å². The largest absolute Gasteiger partial charge is 0.392 e. The molecule has 3 rings (SSSR count). The van der Waals surface area contributed by atoms with Crippen LogP contribution in [0, 0.1) is 11.3 Å². The van der Waals surface area contributed by atoms with Crippen molar-refractivity contribution >= 4 is 11.6 Å². The van der Waals surface area contributed by atoms with Gasteiger partial charge in [0.25, 0.3) is 0 Å². The van der Waals surface area contributed by atoms with Gasteiger partial charge in [0, 0.05) is 10.4 Å². The summed E-state index contributed by atoms with van der Waals surface area (Å²) in [6.07, 6.45) is 3.73. The third kappa shape index (κ3) is 2.89. The molecule has 0 bridgehead atoms. The number of aliphatic hydroxyl groups is 2. The second kappa shape index (κ2) is 5.89. The van der Waals surface area contributed by atoms with Crippen molar-refractivity contribution in [3.05, 3.63) is 47.5 Å². The van der Waals surface area contributed by atoms with Crippen molar-refractivity contribution < 1.29 is 10.2 Å². The first-order chi connectivity index (χ1) is 10.8. The fourth-order valence-corrected chi connectivity index (χ4v) is 3.75. The lowest BCUT2D eigenvalue weighted by Gasteiger charge is -2.41. The second-order valence-electron chi connectivity index (χ2n) is 7.02. The Labute approximate surface area is 140 Å². The molecule has 5 nitrogen and oxygen atoms in total. The molecular weight excluding hydrogens is 314 g/mol. The lowest BCUT2D eigenvalue weighted by Crippen LogP contribution is -2.51. The van der Waals surface area contributed by atoms with Gasteiger partial charge >= 0.3 is 0 Å². The highest BCUT2D eigenvalue weighted by molar-refractivity contribution is 6.30. The van der Waals surface area contributed by atoms with Crippen LogP contribution in [0.1, 0.15) is 25.8 Å². The first-order valence-corrected chi connectivity index (χ1v) is 8.18. The Morgan fingerprint density at radius 2 is 2.00 bits per heavy atom. The zero-order chi connectivity index (χ0) is 16.7. The fourth-order valence-electron chi connectivity index (χ4n) is 3.63. The molecule has 0 aliphatic heterocycles. The molecule has 2 N–H and O–H groups in total. The summed E-state index contributed by atoms with van der Waals surface area (Å²) >= 11 is 5.94. The van der Waals surface area contributed by atoms with Crippen molar-refractivity contribution in [1.82, 2.24) is 14.8 Å². The summed E-state index contributed by atoms with van der Waals surface area (Å²) in [7, 11) is 0. The van der Waals surface area contributed by atoms with Gasteiger partial charge in [-0.25, -0.2) is 4.98 Å². The maximum absolute atomic E-state index is 11.5. The molecule has 3 atom stereocenters. The Morgan fingerprint density at radius 3 is 2.61 bits per heavy atom. The van der Waals surface area contributed by atoms with E-state index in [9.17, 15) is 10.2 Å². The molecule has 124 valence electrons. The Balaban J connectivity index is 1.89. The van der Waals surface area contributed by atoms with Crippen LogP contribution >= 0.6 is 11.6 Å².